The number of aryl methyl sites for hydroxylation is 1. The molecule has 0 saturated carbocycles. The lowest BCUT2D eigenvalue weighted by molar-refractivity contribution is 0.0696. The van der Waals surface area contributed by atoms with E-state index in [-0.39, 0.29) is 5.56 Å². The van der Waals surface area contributed by atoms with Crippen LogP contribution in [0.5, 0.6) is 0 Å². The van der Waals surface area contributed by atoms with Crippen molar-refractivity contribution >= 4 is 17.6 Å². The molecular weight excluding hydrogens is 238 g/mol. The molecule has 0 radical (unpaired) electrons. The summed E-state index contributed by atoms with van der Waals surface area (Å²) in [4.78, 5) is 14.8. The Morgan fingerprint density at radius 3 is 2.59 bits per heavy atom. The van der Waals surface area contributed by atoms with Crippen LogP contribution in [0.25, 0.3) is 11.3 Å². The van der Waals surface area contributed by atoms with E-state index in [1.807, 2.05) is 25.1 Å². The van der Waals surface area contributed by atoms with Crippen molar-refractivity contribution in [3.8, 4) is 11.3 Å². The van der Waals surface area contributed by atoms with Crippen molar-refractivity contribution < 1.29 is 9.90 Å². The molecule has 0 fully saturated rings. The van der Waals surface area contributed by atoms with Crippen LogP contribution in [-0.4, -0.2) is 16.1 Å². The Hall–Kier alpha value is -1.87. The Morgan fingerprint density at radius 1 is 1.29 bits per heavy atom. The highest BCUT2D eigenvalue weighted by Crippen LogP contribution is 2.27. The van der Waals surface area contributed by atoms with Crippen molar-refractivity contribution in [2.24, 2.45) is 0 Å². The van der Waals surface area contributed by atoms with Gasteiger partial charge in [-0.3, -0.25) is 4.98 Å². The van der Waals surface area contributed by atoms with Gasteiger partial charge in [-0.05, 0) is 30.7 Å². The van der Waals surface area contributed by atoms with Gasteiger partial charge < -0.3 is 5.11 Å². The summed E-state index contributed by atoms with van der Waals surface area (Å²) < 4.78 is 0. The molecule has 17 heavy (non-hydrogen) atoms. The number of pyridine rings is 1. The standard InChI is InChI=1S/C13H10ClNO2/c1-8-2-4-10(11(14)6-8)12-5-3-9(7-15-12)13(16)17/h2-7H,1H3,(H,16,17). The first kappa shape index (κ1) is 11.6. The zero-order valence-corrected chi connectivity index (χ0v) is 9.90. The van der Waals surface area contributed by atoms with Crippen LogP contribution in [0.3, 0.4) is 0 Å². The van der Waals surface area contributed by atoms with Crippen molar-refractivity contribution in [2.75, 3.05) is 0 Å². The summed E-state index contributed by atoms with van der Waals surface area (Å²) in [5.41, 5.74) is 2.70. The number of hydrogen-bond donors (Lipinski definition) is 1. The Bertz CT molecular complexity index is 564. The summed E-state index contributed by atoms with van der Waals surface area (Å²) in [7, 11) is 0. The molecule has 0 unspecified atom stereocenters. The fraction of sp³-hybridized carbons (Fsp3) is 0.0769. The zero-order valence-electron chi connectivity index (χ0n) is 9.14. The molecule has 1 aromatic carbocycles. The normalized spacial score (nSPS) is 10.2. The predicted molar refractivity (Wildman–Crippen MR) is 66.4 cm³/mol. The van der Waals surface area contributed by atoms with E-state index in [0.717, 1.165) is 11.1 Å². The number of hydrogen-bond acceptors (Lipinski definition) is 2. The molecule has 0 saturated heterocycles. The average Bonchev–Trinajstić information content (AvgIpc) is 2.29. The van der Waals surface area contributed by atoms with Crippen molar-refractivity contribution in [2.45, 2.75) is 6.92 Å². The Labute approximate surface area is 104 Å². The number of aromatic nitrogens is 1. The van der Waals surface area contributed by atoms with Gasteiger partial charge in [0, 0.05) is 11.8 Å². The molecule has 3 nitrogen and oxygen atoms in total. The number of carboxylic acid groups (broad SMARTS) is 1. The lowest BCUT2D eigenvalue weighted by Crippen LogP contribution is -1.97. The van der Waals surface area contributed by atoms with E-state index < -0.39 is 5.97 Å². The second kappa shape index (κ2) is 4.55. The van der Waals surface area contributed by atoms with Crippen LogP contribution in [0.1, 0.15) is 15.9 Å². The van der Waals surface area contributed by atoms with Crippen LogP contribution in [0.15, 0.2) is 36.5 Å². The van der Waals surface area contributed by atoms with E-state index in [0.29, 0.717) is 10.7 Å². The van der Waals surface area contributed by atoms with Crippen LogP contribution in [0.4, 0.5) is 0 Å². The summed E-state index contributed by atoms with van der Waals surface area (Å²) >= 11 is 6.11. The molecule has 2 rings (SSSR count). The third kappa shape index (κ3) is 2.45. The van der Waals surface area contributed by atoms with E-state index in [1.165, 1.54) is 12.3 Å². The highest BCUT2D eigenvalue weighted by molar-refractivity contribution is 6.33. The van der Waals surface area contributed by atoms with E-state index >= 15 is 0 Å². The van der Waals surface area contributed by atoms with E-state index in [1.54, 1.807) is 6.07 Å². The van der Waals surface area contributed by atoms with E-state index in [9.17, 15) is 4.79 Å². The summed E-state index contributed by atoms with van der Waals surface area (Å²) in [6.45, 7) is 1.95. The molecule has 1 aromatic heterocycles. The largest absolute Gasteiger partial charge is 0.478 e. The maximum absolute atomic E-state index is 10.7. The molecule has 0 aliphatic heterocycles. The highest BCUT2D eigenvalue weighted by atomic mass is 35.5. The number of carboxylic acids is 1. The number of benzene rings is 1. The third-order valence-electron chi connectivity index (χ3n) is 2.41. The number of halogens is 1. The third-order valence-corrected chi connectivity index (χ3v) is 2.72. The van der Waals surface area contributed by atoms with Crippen molar-refractivity contribution in [3.63, 3.8) is 0 Å². The van der Waals surface area contributed by atoms with Gasteiger partial charge >= 0.3 is 5.97 Å². The van der Waals surface area contributed by atoms with Gasteiger partial charge in [0.1, 0.15) is 0 Å². The fourth-order valence-corrected chi connectivity index (χ4v) is 1.84. The van der Waals surface area contributed by atoms with Crippen LogP contribution >= 0.6 is 11.6 Å². The quantitative estimate of drug-likeness (QED) is 0.885. The molecule has 1 heterocycles. The van der Waals surface area contributed by atoms with Crippen LogP contribution in [-0.2, 0) is 0 Å². The Balaban J connectivity index is 2.43. The molecule has 0 spiro atoms. The molecule has 4 heteroatoms. The minimum atomic E-state index is -0.987. The van der Waals surface area contributed by atoms with Crippen LogP contribution in [0.2, 0.25) is 5.02 Å². The number of carbonyl (C=O) groups is 1. The zero-order chi connectivity index (χ0) is 12.4. The van der Waals surface area contributed by atoms with Crippen LogP contribution in [0, 0.1) is 6.92 Å². The molecule has 86 valence electrons. The fourth-order valence-electron chi connectivity index (χ4n) is 1.51. The van der Waals surface area contributed by atoms with Crippen LogP contribution < -0.4 is 0 Å². The molecule has 0 aliphatic rings. The minimum absolute atomic E-state index is 0.164. The van der Waals surface area contributed by atoms with Gasteiger partial charge in [-0.2, -0.15) is 0 Å². The maximum Gasteiger partial charge on any atom is 0.337 e. The van der Waals surface area contributed by atoms with Crippen molar-refractivity contribution in [3.05, 3.63) is 52.7 Å². The smallest absolute Gasteiger partial charge is 0.337 e. The van der Waals surface area contributed by atoms with Gasteiger partial charge in [-0.25, -0.2) is 4.79 Å². The molecule has 1 N–H and O–H groups in total. The second-order valence-corrected chi connectivity index (χ2v) is 4.13. The molecule has 2 aromatic rings. The van der Waals surface area contributed by atoms with E-state index in [2.05, 4.69) is 4.98 Å². The highest BCUT2D eigenvalue weighted by Gasteiger charge is 2.07. The van der Waals surface area contributed by atoms with E-state index in [4.69, 9.17) is 16.7 Å². The number of rotatable bonds is 2. The van der Waals surface area contributed by atoms with Gasteiger partial charge in [0.15, 0.2) is 0 Å². The van der Waals surface area contributed by atoms with Crippen molar-refractivity contribution in [1.82, 2.24) is 4.98 Å². The summed E-state index contributed by atoms with van der Waals surface area (Å²) in [6.07, 6.45) is 1.33. The lowest BCUT2D eigenvalue weighted by Gasteiger charge is -2.04. The predicted octanol–water partition coefficient (Wildman–Crippen LogP) is 3.41. The summed E-state index contributed by atoms with van der Waals surface area (Å²) in [5, 5.41) is 9.38. The van der Waals surface area contributed by atoms with Gasteiger partial charge in [-0.1, -0.05) is 23.7 Å². The molecule has 0 atom stereocenters. The summed E-state index contributed by atoms with van der Waals surface area (Å²) in [6, 6.07) is 8.83. The number of nitrogens with zero attached hydrogens (tertiary/aromatic N) is 1. The molecular formula is C13H10ClNO2. The Morgan fingerprint density at radius 2 is 2.06 bits per heavy atom. The SMILES string of the molecule is Cc1ccc(-c2ccc(C(=O)O)cn2)c(Cl)c1. The summed E-state index contributed by atoms with van der Waals surface area (Å²) in [5.74, 6) is -0.987. The molecule has 0 bridgehead atoms. The number of aromatic carboxylic acids is 1. The van der Waals surface area contributed by atoms with Gasteiger partial charge in [0.2, 0.25) is 0 Å². The molecule has 0 aliphatic carbocycles. The second-order valence-electron chi connectivity index (χ2n) is 3.72. The van der Waals surface area contributed by atoms with Gasteiger partial charge in [0.05, 0.1) is 16.3 Å². The first-order valence-corrected chi connectivity index (χ1v) is 5.41. The monoisotopic (exact) mass is 247 g/mol. The first-order chi connectivity index (χ1) is 8.08. The topological polar surface area (TPSA) is 50.2 Å². The van der Waals surface area contributed by atoms with Gasteiger partial charge in [-0.15, -0.1) is 0 Å². The van der Waals surface area contributed by atoms with Gasteiger partial charge in [0.25, 0.3) is 0 Å². The minimum Gasteiger partial charge on any atom is -0.478 e. The Kier molecular flexibility index (Phi) is 3.11. The first-order valence-electron chi connectivity index (χ1n) is 5.04. The molecule has 0 amide bonds. The van der Waals surface area contributed by atoms with Crippen molar-refractivity contribution in [1.29, 1.82) is 0 Å². The maximum atomic E-state index is 10.7. The lowest BCUT2D eigenvalue weighted by atomic mass is 10.1. The average molecular weight is 248 g/mol.